The average molecular weight is 174 g/mol. The molecule has 0 aromatic heterocycles. The lowest BCUT2D eigenvalue weighted by molar-refractivity contribution is -0.307. The van der Waals surface area contributed by atoms with Crippen molar-refractivity contribution in [1.29, 1.82) is 0 Å². The lowest BCUT2D eigenvalue weighted by atomic mass is 9.78. The van der Waals surface area contributed by atoms with Gasteiger partial charge in [0.2, 0.25) is 0 Å². The predicted octanol–water partition coefficient (Wildman–Crippen LogP) is 2.21. The van der Waals surface area contributed by atoms with E-state index in [-0.39, 0.29) is 5.75 Å². The zero-order valence-electron chi connectivity index (χ0n) is 4.95. The average Bonchev–Trinajstić information content (AvgIpc) is 1.83. The Labute approximate surface area is 61.0 Å². The van der Waals surface area contributed by atoms with Crippen molar-refractivity contribution in [3.8, 4) is 0 Å². The second-order valence-electron chi connectivity index (χ2n) is 2.41. The van der Waals surface area contributed by atoms with Crippen LogP contribution in [0.5, 0.6) is 0 Å². The Balaban J connectivity index is 2.65. The molecule has 0 amide bonds. The molecule has 60 valence electrons. The van der Waals surface area contributed by atoms with Crippen LogP contribution in [0.1, 0.15) is 6.42 Å². The molecule has 0 bridgehead atoms. The molecule has 0 aliphatic heterocycles. The smallest absolute Gasteiger partial charge is 0.200 e. The molecule has 0 N–H and O–H groups in total. The quantitative estimate of drug-likeness (QED) is 0.457. The molecule has 1 aliphatic rings. The summed E-state index contributed by atoms with van der Waals surface area (Å²) in [5.74, 6) is -9.04. The number of rotatable bonds is 1. The van der Waals surface area contributed by atoms with Crippen molar-refractivity contribution in [1.82, 2.24) is 0 Å². The molecule has 0 aromatic rings. The fourth-order valence-corrected chi connectivity index (χ4v) is 1.28. The maximum absolute atomic E-state index is 12.2. The maximum Gasteiger partial charge on any atom is 0.313 e. The van der Waals surface area contributed by atoms with Crippen LogP contribution < -0.4 is 0 Å². The van der Waals surface area contributed by atoms with Gasteiger partial charge in [0.15, 0.2) is 0 Å². The second kappa shape index (κ2) is 2.03. The lowest BCUT2D eigenvalue weighted by Crippen LogP contribution is -2.59. The van der Waals surface area contributed by atoms with Gasteiger partial charge in [-0.15, -0.1) is 0 Å². The van der Waals surface area contributed by atoms with Gasteiger partial charge in [-0.1, -0.05) is 0 Å². The molecule has 0 heterocycles. The van der Waals surface area contributed by atoms with Gasteiger partial charge >= 0.3 is 11.8 Å². The Kier molecular flexibility index (Phi) is 1.66. The molecular formula is C5H6F4S. The van der Waals surface area contributed by atoms with Crippen LogP contribution >= 0.6 is 12.6 Å². The number of hydrogen-bond donors (Lipinski definition) is 1. The van der Waals surface area contributed by atoms with Crippen molar-refractivity contribution >= 4 is 12.6 Å². The molecule has 1 saturated carbocycles. The van der Waals surface area contributed by atoms with Gasteiger partial charge in [-0.25, -0.2) is 0 Å². The molecule has 10 heavy (non-hydrogen) atoms. The fourth-order valence-electron chi connectivity index (χ4n) is 0.920. The Hall–Kier alpha value is 0.0700. The molecule has 0 aromatic carbocycles. The van der Waals surface area contributed by atoms with Crippen LogP contribution in [0.4, 0.5) is 17.6 Å². The van der Waals surface area contributed by atoms with Gasteiger partial charge in [0.25, 0.3) is 0 Å². The molecule has 1 atom stereocenters. The molecule has 1 unspecified atom stereocenters. The standard InChI is InChI=1S/C5H6F4S/c6-4(7)1-3(2-10)5(4,8)9/h3,10H,1-2H2. The van der Waals surface area contributed by atoms with Crippen LogP contribution in [0, 0.1) is 5.92 Å². The van der Waals surface area contributed by atoms with Gasteiger partial charge in [0.05, 0.1) is 0 Å². The minimum absolute atomic E-state index is 0.178. The summed E-state index contributed by atoms with van der Waals surface area (Å²) >= 11 is 3.52. The van der Waals surface area contributed by atoms with Crippen LogP contribution in [0.3, 0.4) is 0 Å². The summed E-state index contributed by atoms with van der Waals surface area (Å²) in [5, 5.41) is 0. The summed E-state index contributed by atoms with van der Waals surface area (Å²) < 4.78 is 48.3. The maximum atomic E-state index is 12.2. The van der Waals surface area contributed by atoms with Gasteiger partial charge in [-0.2, -0.15) is 30.2 Å². The van der Waals surface area contributed by atoms with Crippen molar-refractivity contribution in [2.75, 3.05) is 5.75 Å². The van der Waals surface area contributed by atoms with Gasteiger partial charge in [0, 0.05) is 12.3 Å². The molecule has 0 spiro atoms. The van der Waals surface area contributed by atoms with E-state index >= 15 is 0 Å². The first-order valence-electron chi connectivity index (χ1n) is 2.78. The minimum atomic E-state index is -3.82. The normalized spacial score (nSPS) is 35.1. The molecule has 0 radical (unpaired) electrons. The molecule has 0 nitrogen and oxygen atoms in total. The first-order chi connectivity index (χ1) is 4.42. The summed E-state index contributed by atoms with van der Waals surface area (Å²) in [6, 6.07) is 0. The van der Waals surface area contributed by atoms with E-state index in [9.17, 15) is 17.6 Å². The van der Waals surface area contributed by atoms with E-state index in [2.05, 4.69) is 12.6 Å². The Morgan fingerprint density at radius 2 is 1.80 bits per heavy atom. The van der Waals surface area contributed by atoms with E-state index in [4.69, 9.17) is 0 Å². The summed E-state index contributed by atoms with van der Waals surface area (Å²) in [4.78, 5) is 0. The summed E-state index contributed by atoms with van der Waals surface area (Å²) in [6.45, 7) is 0. The van der Waals surface area contributed by atoms with E-state index in [0.29, 0.717) is 0 Å². The summed E-state index contributed by atoms with van der Waals surface area (Å²) in [6.07, 6.45) is -0.733. The van der Waals surface area contributed by atoms with Crippen molar-refractivity contribution in [3.05, 3.63) is 0 Å². The fraction of sp³-hybridized carbons (Fsp3) is 1.00. The minimum Gasteiger partial charge on any atom is -0.200 e. The van der Waals surface area contributed by atoms with E-state index in [0.717, 1.165) is 0 Å². The monoisotopic (exact) mass is 174 g/mol. The van der Waals surface area contributed by atoms with Crippen molar-refractivity contribution < 1.29 is 17.6 Å². The molecule has 1 fully saturated rings. The van der Waals surface area contributed by atoms with Gasteiger partial charge < -0.3 is 0 Å². The van der Waals surface area contributed by atoms with E-state index in [1.807, 2.05) is 0 Å². The highest BCUT2D eigenvalue weighted by molar-refractivity contribution is 7.80. The van der Waals surface area contributed by atoms with Crippen LogP contribution in [0.15, 0.2) is 0 Å². The molecular weight excluding hydrogens is 168 g/mol. The van der Waals surface area contributed by atoms with Crippen LogP contribution in [0.25, 0.3) is 0 Å². The van der Waals surface area contributed by atoms with Crippen molar-refractivity contribution in [2.45, 2.75) is 18.3 Å². The van der Waals surface area contributed by atoms with E-state index in [1.165, 1.54) is 0 Å². The van der Waals surface area contributed by atoms with Gasteiger partial charge in [0.1, 0.15) is 0 Å². The summed E-state index contributed by atoms with van der Waals surface area (Å²) in [7, 11) is 0. The lowest BCUT2D eigenvalue weighted by Gasteiger charge is -2.43. The molecule has 1 rings (SSSR count). The Morgan fingerprint density at radius 3 is 1.90 bits per heavy atom. The van der Waals surface area contributed by atoms with Crippen molar-refractivity contribution in [3.63, 3.8) is 0 Å². The van der Waals surface area contributed by atoms with Crippen LogP contribution in [-0.4, -0.2) is 17.6 Å². The zero-order valence-corrected chi connectivity index (χ0v) is 5.85. The number of halogens is 4. The SMILES string of the molecule is FC1(F)CC(CS)C1(F)F. The second-order valence-corrected chi connectivity index (χ2v) is 2.78. The van der Waals surface area contributed by atoms with Crippen LogP contribution in [-0.2, 0) is 0 Å². The molecule has 0 saturated heterocycles. The molecule has 1 aliphatic carbocycles. The van der Waals surface area contributed by atoms with Crippen molar-refractivity contribution in [2.24, 2.45) is 5.92 Å². The third-order valence-electron chi connectivity index (χ3n) is 1.72. The topological polar surface area (TPSA) is 0 Å². The Morgan fingerprint density at radius 1 is 1.30 bits per heavy atom. The predicted molar refractivity (Wildman–Crippen MR) is 31.9 cm³/mol. The van der Waals surface area contributed by atoms with E-state index < -0.39 is 24.2 Å². The third kappa shape index (κ3) is 0.828. The first kappa shape index (κ1) is 8.17. The van der Waals surface area contributed by atoms with Crippen LogP contribution in [0.2, 0.25) is 0 Å². The molecule has 5 heteroatoms. The zero-order chi connectivity index (χ0) is 7.99. The highest BCUT2D eigenvalue weighted by Gasteiger charge is 2.70. The number of alkyl halides is 4. The number of thiol groups is 1. The highest BCUT2D eigenvalue weighted by Crippen LogP contribution is 2.55. The Bertz CT molecular complexity index is 145. The van der Waals surface area contributed by atoms with Gasteiger partial charge in [-0.05, 0) is 5.75 Å². The highest BCUT2D eigenvalue weighted by atomic mass is 32.1. The first-order valence-corrected chi connectivity index (χ1v) is 3.41. The number of hydrogen-bond acceptors (Lipinski definition) is 1. The van der Waals surface area contributed by atoms with Gasteiger partial charge in [-0.3, -0.25) is 0 Å². The third-order valence-corrected chi connectivity index (χ3v) is 2.16. The van der Waals surface area contributed by atoms with E-state index in [1.54, 1.807) is 0 Å². The summed E-state index contributed by atoms with van der Waals surface area (Å²) in [5.41, 5.74) is 0. The largest absolute Gasteiger partial charge is 0.313 e.